The zero-order chi connectivity index (χ0) is 14.3. The van der Waals surface area contributed by atoms with Crippen molar-refractivity contribution in [2.75, 3.05) is 6.54 Å². The summed E-state index contributed by atoms with van der Waals surface area (Å²) >= 11 is 5.96. The highest BCUT2D eigenvalue weighted by Gasteiger charge is 2.43. The fourth-order valence-electron chi connectivity index (χ4n) is 2.77. The number of hydrogen-bond donors (Lipinski definition) is 2. The summed E-state index contributed by atoms with van der Waals surface area (Å²) in [6.07, 6.45) is 2.35. The number of ether oxygens (including phenoxy) is 1. The van der Waals surface area contributed by atoms with Gasteiger partial charge >= 0.3 is 0 Å². The van der Waals surface area contributed by atoms with Crippen molar-refractivity contribution in [3.63, 3.8) is 0 Å². The van der Waals surface area contributed by atoms with Gasteiger partial charge in [-0.2, -0.15) is 0 Å². The molecular formula is C15H20Cl2N2O2. The SMILES string of the molecule is CC(CN)(NC(=O)C1Cc2cc(Cl)ccc2O1)C1CC1.Cl. The number of carbonyl (C=O) groups is 1. The Morgan fingerprint density at radius 2 is 2.24 bits per heavy atom. The highest BCUT2D eigenvalue weighted by atomic mass is 35.5. The summed E-state index contributed by atoms with van der Waals surface area (Å²) in [7, 11) is 0. The van der Waals surface area contributed by atoms with Crippen molar-refractivity contribution >= 4 is 29.9 Å². The molecule has 0 spiro atoms. The highest BCUT2D eigenvalue weighted by molar-refractivity contribution is 6.30. The average Bonchev–Trinajstić information content (AvgIpc) is 3.19. The van der Waals surface area contributed by atoms with Crippen LogP contribution in [-0.2, 0) is 11.2 Å². The predicted octanol–water partition coefficient (Wildman–Crippen LogP) is 2.31. The maximum Gasteiger partial charge on any atom is 0.261 e. The van der Waals surface area contributed by atoms with Gasteiger partial charge in [0.2, 0.25) is 0 Å². The molecule has 4 nitrogen and oxygen atoms in total. The number of benzene rings is 1. The van der Waals surface area contributed by atoms with Gasteiger partial charge in [0.25, 0.3) is 5.91 Å². The second-order valence-electron chi connectivity index (χ2n) is 5.95. The fourth-order valence-corrected chi connectivity index (χ4v) is 2.96. The standard InChI is InChI=1S/C15H19ClN2O2.ClH/c1-15(8-17,10-2-3-10)18-14(19)13-7-9-6-11(16)4-5-12(9)20-13;/h4-6,10,13H,2-3,7-8,17H2,1H3,(H,18,19);1H. The highest BCUT2D eigenvalue weighted by Crippen LogP contribution is 2.39. The lowest BCUT2D eigenvalue weighted by Crippen LogP contribution is -2.56. The molecule has 21 heavy (non-hydrogen) atoms. The molecule has 0 radical (unpaired) electrons. The summed E-state index contributed by atoms with van der Waals surface area (Å²) in [5, 5.41) is 3.74. The van der Waals surface area contributed by atoms with Crippen LogP contribution in [0.4, 0.5) is 0 Å². The van der Waals surface area contributed by atoms with E-state index in [1.165, 1.54) is 0 Å². The van der Waals surface area contributed by atoms with E-state index in [1.54, 1.807) is 6.07 Å². The Kier molecular flexibility index (Phi) is 4.71. The Bertz CT molecular complexity index is 548. The summed E-state index contributed by atoms with van der Waals surface area (Å²) in [6, 6.07) is 5.44. The molecule has 2 unspecified atom stereocenters. The van der Waals surface area contributed by atoms with Gasteiger partial charge in [-0.25, -0.2) is 0 Å². The summed E-state index contributed by atoms with van der Waals surface area (Å²) in [4.78, 5) is 12.4. The number of fused-ring (bicyclic) bond motifs is 1. The van der Waals surface area contributed by atoms with E-state index in [2.05, 4.69) is 5.32 Å². The average molecular weight is 331 g/mol. The van der Waals surface area contributed by atoms with Crippen LogP contribution < -0.4 is 15.8 Å². The summed E-state index contributed by atoms with van der Waals surface area (Å²) in [5.74, 6) is 1.15. The molecule has 0 aromatic heterocycles. The van der Waals surface area contributed by atoms with E-state index < -0.39 is 6.10 Å². The molecule has 1 heterocycles. The minimum Gasteiger partial charge on any atom is -0.480 e. The molecule has 6 heteroatoms. The van der Waals surface area contributed by atoms with E-state index in [1.807, 2.05) is 19.1 Å². The molecule has 1 aromatic carbocycles. The van der Waals surface area contributed by atoms with Crippen LogP contribution in [0.5, 0.6) is 5.75 Å². The molecule has 3 rings (SSSR count). The van der Waals surface area contributed by atoms with Gasteiger partial charge in [0.05, 0.1) is 5.54 Å². The van der Waals surface area contributed by atoms with Gasteiger partial charge in [0.1, 0.15) is 5.75 Å². The van der Waals surface area contributed by atoms with Gasteiger partial charge in [-0.15, -0.1) is 12.4 Å². The third-order valence-electron chi connectivity index (χ3n) is 4.30. The van der Waals surface area contributed by atoms with E-state index in [0.717, 1.165) is 24.2 Å². The van der Waals surface area contributed by atoms with Gasteiger partial charge in [0.15, 0.2) is 6.10 Å². The van der Waals surface area contributed by atoms with Gasteiger partial charge in [-0.1, -0.05) is 11.6 Å². The largest absolute Gasteiger partial charge is 0.480 e. The van der Waals surface area contributed by atoms with Gasteiger partial charge in [0, 0.05) is 18.0 Å². The molecule has 116 valence electrons. The van der Waals surface area contributed by atoms with Crippen molar-refractivity contribution in [1.29, 1.82) is 0 Å². The van der Waals surface area contributed by atoms with Crippen LogP contribution in [0.15, 0.2) is 18.2 Å². The molecular weight excluding hydrogens is 311 g/mol. The van der Waals surface area contributed by atoms with Gasteiger partial charge in [-0.05, 0) is 49.4 Å². The van der Waals surface area contributed by atoms with E-state index >= 15 is 0 Å². The zero-order valence-electron chi connectivity index (χ0n) is 11.9. The molecule has 2 aliphatic rings. The maximum atomic E-state index is 12.4. The molecule has 1 fully saturated rings. The summed E-state index contributed by atoms with van der Waals surface area (Å²) < 4.78 is 5.70. The van der Waals surface area contributed by atoms with E-state index in [4.69, 9.17) is 22.1 Å². The van der Waals surface area contributed by atoms with Crippen LogP contribution in [-0.4, -0.2) is 24.1 Å². The first-order valence-corrected chi connectivity index (χ1v) is 7.37. The number of amides is 1. The Balaban J connectivity index is 0.00000161. The molecule has 1 amide bonds. The number of nitrogens with one attached hydrogen (secondary N) is 1. The quantitative estimate of drug-likeness (QED) is 0.890. The van der Waals surface area contributed by atoms with Crippen LogP contribution in [0, 0.1) is 5.92 Å². The lowest BCUT2D eigenvalue weighted by atomic mass is 9.95. The third-order valence-corrected chi connectivity index (χ3v) is 4.54. The zero-order valence-corrected chi connectivity index (χ0v) is 13.5. The second kappa shape index (κ2) is 6.03. The van der Waals surface area contributed by atoms with E-state index in [9.17, 15) is 4.79 Å². The number of nitrogens with two attached hydrogens (primary N) is 1. The molecule has 0 saturated heterocycles. The van der Waals surface area contributed by atoms with Crippen molar-refractivity contribution in [2.24, 2.45) is 11.7 Å². The van der Waals surface area contributed by atoms with Crippen LogP contribution in [0.3, 0.4) is 0 Å². The van der Waals surface area contributed by atoms with Crippen LogP contribution >= 0.6 is 24.0 Å². The minimum absolute atomic E-state index is 0. The molecule has 2 atom stereocenters. The first-order valence-electron chi connectivity index (χ1n) is 6.99. The van der Waals surface area contributed by atoms with Crippen LogP contribution in [0.1, 0.15) is 25.3 Å². The molecule has 1 aliphatic heterocycles. The topological polar surface area (TPSA) is 64.3 Å². The number of hydrogen-bond acceptors (Lipinski definition) is 3. The normalized spacial score (nSPS) is 22.5. The van der Waals surface area contributed by atoms with Crippen molar-refractivity contribution in [3.05, 3.63) is 28.8 Å². The molecule has 3 N–H and O–H groups in total. The first-order chi connectivity index (χ1) is 9.51. The Hall–Kier alpha value is -0.970. The van der Waals surface area contributed by atoms with Crippen LogP contribution in [0.2, 0.25) is 5.02 Å². The molecule has 0 bridgehead atoms. The predicted molar refractivity (Wildman–Crippen MR) is 85.1 cm³/mol. The van der Waals surface area contributed by atoms with Crippen molar-refractivity contribution in [1.82, 2.24) is 5.32 Å². The Morgan fingerprint density at radius 3 is 2.86 bits per heavy atom. The maximum absolute atomic E-state index is 12.4. The molecule has 1 aromatic rings. The number of halogens is 2. The first kappa shape index (κ1) is 16.4. The van der Waals surface area contributed by atoms with Crippen molar-refractivity contribution in [3.8, 4) is 5.75 Å². The second-order valence-corrected chi connectivity index (χ2v) is 6.38. The number of carbonyl (C=O) groups excluding carboxylic acids is 1. The fraction of sp³-hybridized carbons (Fsp3) is 0.533. The monoisotopic (exact) mass is 330 g/mol. The Labute approximate surface area is 135 Å². The van der Waals surface area contributed by atoms with Gasteiger partial charge in [-0.3, -0.25) is 4.79 Å². The van der Waals surface area contributed by atoms with E-state index in [0.29, 0.717) is 23.9 Å². The minimum atomic E-state index is -0.479. The lowest BCUT2D eigenvalue weighted by Gasteiger charge is -2.30. The van der Waals surface area contributed by atoms with Crippen LogP contribution in [0.25, 0.3) is 0 Å². The lowest BCUT2D eigenvalue weighted by molar-refractivity contribution is -0.129. The Morgan fingerprint density at radius 1 is 1.52 bits per heavy atom. The van der Waals surface area contributed by atoms with Crippen molar-refractivity contribution < 1.29 is 9.53 Å². The molecule has 1 saturated carbocycles. The molecule has 1 aliphatic carbocycles. The third kappa shape index (κ3) is 3.28. The van der Waals surface area contributed by atoms with E-state index in [-0.39, 0.29) is 23.9 Å². The van der Waals surface area contributed by atoms with Crippen molar-refractivity contribution in [2.45, 2.75) is 37.8 Å². The summed E-state index contributed by atoms with van der Waals surface area (Å²) in [5.41, 5.74) is 6.50. The number of rotatable bonds is 4. The summed E-state index contributed by atoms with van der Waals surface area (Å²) in [6.45, 7) is 2.47. The smallest absolute Gasteiger partial charge is 0.261 e. The van der Waals surface area contributed by atoms with Gasteiger partial charge < -0.3 is 15.8 Å².